The molecule has 4 rings (SSSR count). The number of para-hydroxylation sites is 1. The highest BCUT2D eigenvalue weighted by atomic mass is 16.2. The maximum Gasteiger partial charge on any atom is 0.335 e. The Morgan fingerprint density at radius 3 is 2.53 bits per heavy atom. The predicted molar refractivity (Wildman–Crippen MR) is 127 cm³/mol. The molecule has 0 spiro atoms. The first-order valence-corrected chi connectivity index (χ1v) is 11.0. The van der Waals surface area contributed by atoms with E-state index in [1.807, 2.05) is 37.3 Å². The molecule has 2 aliphatic rings. The summed E-state index contributed by atoms with van der Waals surface area (Å²) in [6.07, 6.45) is 3.25. The van der Waals surface area contributed by atoms with Gasteiger partial charge in [-0.05, 0) is 73.6 Å². The van der Waals surface area contributed by atoms with Crippen LogP contribution in [0.4, 0.5) is 16.2 Å². The van der Waals surface area contributed by atoms with Gasteiger partial charge in [0.2, 0.25) is 0 Å². The summed E-state index contributed by atoms with van der Waals surface area (Å²) >= 11 is 0. The molecule has 166 valence electrons. The van der Waals surface area contributed by atoms with Crippen LogP contribution in [0.25, 0.3) is 6.08 Å². The number of nitrogens with zero attached hydrogens (tertiary/aromatic N) is 2. The number of urea groups is 1. The molecule has 0 aromatic heterocycles. The molecular formula is C26H29N3O3. The second kappa shape index (κ2) is 7.93. The molecule has 1 unspecified atom stereocenters. The van der Waals surface area contributed by atoms with Crippen molar-refractivity contribution in [2.24, 2.45) is 0 Å². The van der Waals surface area contributed by atoms with Gasteiger partial charge in [-0.25, -0.2) is 9.69 Å². The third-order valence-electron chi connectivity index (χ3n) is 6.68. The third-order valence-corrected chi connectivity index (χ3v) is 6.68. The van der Waals surface area contributed by atoms with E-state index in [1.165, 1.54) is 5.56 Å². The van der Waals surface area contributed by atoms with Gasteiger partial charge in [0.05, 0.1) is 5.69 Å². The zero-order valence-electron chi connectivity index (χ0n) is 19.2. The van der Waals surface area contributed by atoms with E-state index < -0.39 is 17.8 Å². The normalized spacial score (nSPS) is 21.6. The number of aryl methyl sites for hydroxylation is 1. The predicted octanol–water partition coefficient (Wildman–Crippen LogP) is 4.64. The van der Waals surface area contributed by atoms with E-state index in [9.17, 15) is 14.4 Å². The second-order valence-electron chi connectivity index (χ2n) is 9.23. The number of hydrogen-bond donors (Lipinski definition) is 1. The summed E-state index contributed by atoms with van der Waals surface area (Å²) in [5.74, 6) is -0.933. The van der Waals surface area contributed by atoms with Gasteiger partial charge in [0, 0.05) is 18.3 Å². The summed E-state index contributed by atoms with van der Waals surface area (Å²) in [4.78, 5) is 41.8. The van der Waals surface area contributed by atoms with Gasteiger partial charge in [0.1, 0.15) is 5.57 Å². The third kappa shape index (κ3) is 3.60. The number of hydrogen-bond acceptors (Lipinski definition) is 4. The first kappa shape index (κ1) is 21.8. The van der Waals surface area contributed by atoms with Gasteiger partial charge < -0.3 is 4.90 Å². The van der Waals surface area contributed by atoms with Gasteiger partial charge in [0.15, 0.2) is 0 Å². The summed E-state index contributed by atoms with van der Waals surface area (Å²) in [5.41, 5.74) is 4.47. The number of carbonyl (C=O) groups excluding carboxylic acids is 3. The lowest BCUT2D eigenvalue weighted by Crippen LogP contribution is -2.54. The number of carbonyl (C=O) groups is 3. The van der Waals surface area contributed by atoms with Crippen molar-refractivity contribution in [1.82, 2.24) is 5.32 Å². The van der Waals surface area contributed by atoms with E-state index in [0.717, 1.165) is 28.1 Å². The van der Waals surface area contributed by atoms with E-state index in [-0.39, 0.29) is 11.1 Å². The molecular weight excluding hydrogens is 402 g/mol. The minimum atomic E-state index is -0.721. The Balaban J connectivity index is 1.74. The Kier molecular flexibility index (Phi) is 5.41. The van der Waals surface area contributed by atoms with Crippen LogP contribution in [0.3, 0.4) is 0 Å². The van der Waals surface area contributed by atoms with Crippen molar-refractivity contribution in [2.45, 2.75) is 52.0 Å². The fraction of sp³-hybridized carbons (Fsp3) is 0.346. The molecule has 1 saturated heterocycles. The van der Waals surface area contributed by atoms with Crippen LogP contribution in [0.1, 0.15) is 56.7 Å². The molecule has 6 heteroatoms. The number of rotatable bonds is 3. The lowest BCUT2D eigenvalue weighted by molar-refractivity contribution is -0.122. The van der Waals surface area contributed by atoms with Crippen LogP contribution in [-0.2, 0) is 16.0 Å². The van der Waals surface area contributed by atoms with Crippen LogP contribution < -0.4 is 15.1 Å². The molecule has 2 aromatic rings. The van der Waals surface area contributed by atoms with Crippen LogP contribution in [0, 0.1) is 0 Å². The monoisotopic (exact) mass is 431 g/mol. The van der Waals surface area contributed by atoms with E-state index in [2.05, 4.69) is 38.0 Å². The standard InChI is InChI=1S/C26H29N3O3/c1-6-18-9-7-8-10-21(18)29-24(31)20(23(30)27-25(29)32)14-17-11-12-22-19(13-17)16(2)15-26(3,4)28(22)5/h7-14,16H,6,15H2,1-5H3,(H,27,30,32)/b20-14-. The molecule has 32 heavy (non-hydrogen) atoms. The smallest absolute Gasteiger partial charge is 0.335 e. The van der Waals surface area contributed by atoms with Crippen LogP contribution in [0.15, 0.2) is 48.0 Å². The van der Waals surface area contributed by atoms with Gasteiger partial charge in [-0.3, -0.25) is 14.9 Å². The Morgan fingerprint density at radius 1 is 1.09 bits per heavy atom. The average Bonchev–Trinajstić information content (AvgIpc) is 2.75. The molecule has 0 aliphatic carbocycles. The fourth-order valence-electron chi connectivity index (χ4n) is 4.76. The topological polar surface area (TPSA) is 69.7 Å². The van der Waals surface area contributed by atoms with Gasteiger partial charge in [-0.15, -0.1) is 0 Å². The molecule has 2 heterocycles. The maximum atomic E-state index is 13.3. The van der Waals surface area contributed by atoms with Gasteiger partial charge in [-0.2, -0.15) is 0 Å². The molecule has 1 fully saturated rings. The molecule has 2 aromatic carbocycles. The highest BCUT2D eigenvalue weighted by Crippen LogP contribution is 2.42. The summed E-state index contributed by atoms with van der Waals surface area (Å²) in [6, 6.07) is 12.5. The number of fused-ring (bicyclic) bond motifs is 1. The van der Waals surface area contributed by atoms with E-state index in [4.69, 9.17) is 0 Å². The number of benzene rings is 2. The number of nitrogens with one attached hydrogen (secondary N) is 1. The van der Waals surface area contributed by atoms with Gasteiger partial charge in [0.25, 0.3) is 11.8 Å². The zero-order valence-corrected chi connectivity index (χ0v) is 19.2. The molecule has 0 saturated carbocycles. The quantitative estimate of drug-likeness (QED) is 0.568. The van der Waals surface area contributed by atoms with Crippen molar-refractivity contribution in [3.63, 3.8) is 0 Å². The Bertz CT molecular complexity index is 1150. The Labute approximate surface area is 188 Å². The number of anilines is 2. The van der Waals surface area contributed by atoms with Crippen LogP contribution in [-0.4, -0.2) is 30.4 Å². The number of barbiturate groups is 1. The van der Waals surface area contributed by atoms with Crippen LogP contribution in [0.5, 0.6) is 0 Å². The van der Waals surface area contributed by atoms with E-state index in [1.54, 1.807) is 18.2 Å². The highest BCUT2D eigenvalue weighted by Gasteiger charge is 2.38. The SMILES string of the molecule is CCc1ccccc1N1C(=O)NC(=O)/C(=C/c2ccc3c(c2)C(C)CC(C)(C)N3C)C1=O. The summed E-state index contributed by atoms with van der Waals surface area (Å²) in [7, 11) is 2.09. The molecule has 6 nitrogen and oxygen atoms in total. The Hall–Kier alpha value is -3.41. The minimum absolute atomic E-state index is 0.0485. The molecule has 1 N–H and O–H groups in total. The van der Waals surface area contributed by atoms with Crippen LogP contribution >= 0.6 is 0 Å². The highest BCUT2D eigenvalue weighted by molar-refractivity contribution is 6.39. The Morgan fingerprint density at radius 2 is 1.81 bits per heavy atom. The minimum Gasteiger partial charge on any atom is -0.369 e. The first-order chi connectivity index (χ1) is 15.1. The largest absolute Gasteiger partial charge is 0.369 e. The molecule has 2 aliphatic heterocycles. The van der Waals surface area contributed by atoms with Gasteiger partial charge in [-0.1, -0.05) is 38.1 Å². The number of imide groups is 2. The van der Waals surface area contributed by atoms with Crippen molar-refractivity contribution < 1.29 is 14.4 Å². The molecule has 1 atom stereocenters. The fourth-order valence-corrected chi connectivity index (χ4v) is 4.76. The van der Waals surface area contributed by atoms with E-state index >= 15 is 0 Å². The summed E-state index contributed by atoms with van der Waals surface area (Å²) in [6.45, 7) is 8.62. The lowest BCUT2D eigenvalue weighted by atomic mass is 9.80. The van der Waals surface area contributed by atoms with Gasteiger partial charge >= 0.3 is 6.03 Å². The van der Waals surface area contributed by atoms with Crippen molar-refractivity contribution in [3.8, 4) is 0 Å². The average molecular weight is 432 g/mol. The molecule has 0 bridgehead atoms. The maximum absolute atomic E-state index is 13.3. The van der Waals surface area contributed by atoms with Crippen LogP contribution in [0.2, 0.25) is 0 Å². The van der Waals surface area contributed by atoms with Crippen molar-refractivity contribution in [1.29, 1.82) is 0 Å². The van der Waals surface area contributed by atoms with Crippen molar-refractivity contribution >= 4 is 35.3 Å². The summed E-state index contributed by atoms with van der Waals surface area (Å²) < 4.78 is 0. The van der Waals surface area contributed by atoms with Crippen molar-refractivity contribution in [2.75, 3.05) is 16.8 Å². The summed E-state index contributed by atoms with van der Waals surface area (Å²) in [5, 5.41) is 2.32. The molecule has 0 radical (unpaired) electrons. The molecule has 4 amide bonds. The second-order valence-corrected chi connectivity index (χ2v) is 9.23. The lowest BCUT2D eigenvalue weighted by Gasteiger charge is -2.45. The van der Waals surface area contributed by atoms with Crippen molar-refractivity contribution in [3.05, 3.63) is 64.7 Å². The van der Waals surface area contributed by atoms with E-state index in [0.29, 0.717) is 18.0 Å². The first-order valence-electron chi connectivity index (χ1n) is 11.0. The zero-order chi connectivity index (χ0) is 23.2. The number of amides is 4.